The van der Waals surface area contributed by atoms with E-state index in [2.05, 4.69) is 0 Å². The van der Waals surface area contributed by atoms with Crippen LogP contribution in [0.2, 0.25) is 0 Å². The van der Waals surface area contributed by atoms with Gasteiger partial charge in [0.15, 0.2) is 0 Å². The van der Waals surface area contributed by atoms with Crippen molar-refractivity contribution in [3.8, 4) is 11.5 Å². The molecule has 0 unspecified atom stereocenters. The van der Waals surface area contributed by atoms with Gasteiger partial charge in [-0.3, -0.25) is 9.69 Å². The van der Waals surface area contributed by atoms with Crippen molar-refractivity contribution in [2.75, 3.05) is 12.0 Å². The third-order valence-electron chi connectivity index (χ3n) is 4.54. The highest BCUT2D eigenvalue weighted by Crippen LogP contribution is 2.41. The van der Waals surface area contributed by atoms with E-state index in [1.807, 2.05) is 84.9 Å². The number of amides is 1. The second kappa shape index (κ2) is 6.92. The quantitative estimate of drug-likeness (QED) is 0.650. The molecule has 0 radical (unpaired) electrons. The van der Waals surface area contributed by atoms with E-state index >= 15 is 0 Å². The molecular formula is C22H19NO3. The highest BCUT2D eigenvalue weighted by Gasteiger charge is 2.50. The lowest BCUT2D eigenvalue weighted by molar-refractivity contribution is -0.135. The van der Waals surface area contributed by atoms with Crippen molar-refractivity contribution in [3.63, 3.8) is 0 Å². The van der Waals surface area contributed by atoms with Crippen molar-refractivity contribution in [1.29, 1.82) is 0 Å². The van der Waals surface area contributed by atoms with Gasteiger partial charge in [0.1, 0.15) is 17.5 Å². The predicted molar refractivity (Wildman–Crippen MR) is 101 cm³/mol. The number of rotatable bonds is 5. The van der Waals surface area contributed by atoms with E-state index in [-0.39, 0.29) is 11.9 Å². The summed E-state index contributed by atoms with van der Waals surface area (Å²) in [6.07, 6.45) is -0.550. The normalized spacial score (nSPS) is 19.0. The van der Waals surface area contributed by atoms with Crippen molar-refractivity contribution in [1.82, 2.24) is 0 Å². The Morgan fingerprint density at radius 1 is 0.769 bits per heavy atom. The maximum Gasteiger partial charge on any atom is 0.271 e. The van der Waals surface area contributed by atoms with E-state index < -0.39 is 6.10 Å². The van der Waals surface area contributed by atoms with Gasteiger partial charge in [-0.1, -0.05) is 48.5 Å². The van der Waals surface area contributed by atoms with Crippen molar-refractivity contribution in [2.45, 2.75) is 12.1 Å². The van der Waals surface area contributed by atoms with Crippen LogP contribution in [0.1, 0.15) is 11.6 Å². The second-order valence-electron chi connectivity index (χ2n) is 6.11. The summed E-state index contributed by atoms with van der Waals surface area (Å²) in [6, 6.07) is 26.7. The molecule has 0 bridgehead atoms. The summed E-state index contributed by atoms with van der Waals surface area (Å²) in [5, 5.41) is 0. The Morgan fingerprint density at radius 3 is 2.00 bits per heavy atom. The van der Waals surface area contributed by atoms with Gasteiger partial charge >= 0.3 is 0 Å². The van der Waals surface area contributed by atoms with Crippen LogP contribution < -0.4 is 14.4 Å². The molecule has 0 spiro atoms. The number of hydrogen-bond donors (Lipinski definition) is 0. The average Bonchev–Trinajstić information content (AvgIpc) is 2.71. The van der Waals surface area contributed by atoms with Crippen molar-refractivity contribution in [2.24, 2.45) is 0 Å². The topological polar surface area (TPSA) is 38.8 Å². The molecule has 4 rings (SSSR count). The summed E-state index contributed by atoms with van der Waals surface area (Å²) in [5.41, 5.74) is 1.88. The van der Waals surface area contributed by atoms with Gasteiger partial charge in [-0.25, -0.2) is 0 Å². The third-order valence-corrected chi connectivity index (χ3v) is 4.54. The number of β-lactam (4-membered cyclic amide) rings is 1. The number of ether oxygens (including phenoxy) is 2. The second-order valence-corrected chi connectivity index (χ2v) is 6.11. The smallest absolute Gasteiger partial charge is 0.271 e. The summed E-state index contributed by atoms with van der Waals surface area (Å²) in [5.74, 6) is 1.43. The summed E-state index contributed by atoms with van der Waals surface area (Å²) < 4.78 is 11.3. The number of hydrogen-bond acceptors (Lipinski definition) is 3. The molecule has 1 heterocycles. The lowest BCUT2D eigenvalue weighted by Crippen LogP contribution is -2.61. The Bertz CT molecular complexity index is 878. The summed E-state index contributed by atoms with van der Waals surface area (Å²) in [4.78, 5) is 14.6. The van der Waals surface area contributed by atoms with E-state index in [9.17, 15) is 4.79 Å². The van der Waals surface area contributed by atoms with Gasteiger partial charge in [-0.15, -0.1) is 0 Å². The molecule has 1 saturated heterocycles. The lowest BCUT2D eigenvalue weighted by atomic mass is 9.89. The Hall–Kier alpha value is -3.27. The molecule has 2 atom stereocenters. The molecule has 26 heavy (non-hydrogen) atoms. The third kappa shape index (κ3) is 2.90. The molecule has 0 aromatic heterocycles. The van der Waals surface area contributed by atoms with Crippen molar-refractivity contribution < 1.29 is 14.3 Å². The number of para-hydroxylation sites is 2. The first kappa shape index (κ1) is 16.2. The molecule has 1 amide bonds. The van der Waals surface area contributed by atoms with E-state index in [1.165, 1.54) is 0 Å². The summed E-state index contributed by atoms with van der Waals surface area (Å²) in [7, 11) is 1.64. The fourth-order valence-corrected chi connectivity index (χ4v) is 3.22. The highest BCUT2D eigenvalue weighted by atomic mass is 16.5. The molecule has 0 saturated carbocycles. The van der Waals surface area contributed by atoms with Crippen LogP contribution in [0.15, 0.2) is 84.9 Å². The van der Waals surface area contributed by atoms with Crippen LogP contribution in [0.25, 0.3) is 0 Å². The number of carbonyl (C=O) groups is 1. The lowest BCUT2D eigenvalue weighted by Gasteiger charge is -2.46. The van der Waals surface area contributed by atoms with Crippen LogP contribution in [0.5, 0.6) is 11.5 Å². The maximum absolute atomic E-state index is 12.8. The zero-order valence-electron chi connectivity index (χ0n) is 14.4. The molecular weight excluding hydrogens is 326 g/mol. The van der Waals surface area contributed by atoms with Crippen LogP contribution in [0.3, 0.4) is 0 Å². The summed E-state index contributed by atoms with van der Waals surface area (Å²) >= 11 is 0. The SMILES string of the molecule is COc1ccc([C@@H]2[C@H](Oc3ccccc3)C(=O)N2c2ccccc2)cc1. The Kier molecular flexibility index (Phi) is 4.32. The van der Waals surface area contributed by atoms with Crippen LogP contribution in [-0.2, 0) is 4.79 Å². The monoisotopic (exact) mass is 345 g/mol. The fourth-order valence-electron chi connectivity index (χ4n) is 3.22. The molecule has 1 aliphatic heterocycles. The van der Waals surface area contributed by atoms with Gasteiger partial charge in [-0.05, 0) is 42.0 Å². The minimum absolute atomic E-state index is 0.0409. The molecule has 4 heteroatoms. The number of benzene rings is 3. The minimum Gasteiger partial charge on any atom is -0.497 e. The molecule has 3 aromatic rings. The number of carbonyl (C=O) groups excluding carboxylic acids is 1. The largest absolute Gasteiger partial charge is 0.497 e. The molecule has 1 fully saturated rings. The molecule has 130 valence electrons. The number of methoxy groups -OCH3 is 1. The molecule has 0 aliphatic carbocycles. The van der Waals surface area contributed by atoms with Gasteiger partial charge < -0.3 is 9.47 Å². The van der Waals surface area contributed by atoms with Crippen molar-refractivity contribution >= 4 is 11.6 Å². The van der Waals surface area contributed by atoms with Gasteiger partial charge in [0, 0.05) is 5.69 Å². The molecule has 3 aromatic carbocycles. The Labute approximate surface area is 152 Å². The first-order valence-electron chi connectivity index (χ1n) is 8.52. The standard InChI is InChI=1S/C22H19NO3/c1-25-18-14-12-16(13-15-18)20-21(26-19-10-6-3-7-11-19)22(24)23(20)17-8-4-2-5-9-17/h2-15,20-21H,1H3/t20-,21+/m1/s1. The Balaban J connectivity index is 1.67. The van der Waals surface area contributed by atoms with Crippen LogP contribution in [0.4, 0.5) is 5.69 Å². The van der Waals surface area contributed by atoms with Gasteiger partial charge in [0.2, 0.25) is 6.10 Å². The van der Waals surface area contributed by atoms with Crippen LogP contribution >= 0.6 is 0 Å². The van der Waals surface area contributed by atoms with E-state index in [4.69, 9.17) is 9.47 Å². The van der Waals surface area contributed by atoms with Crippen LogP contribution in [0, 0.1) is 0 Å². The fraction of sp³-hybridized carbons (Fsp3) is 0.136. The van der Waals surface area contributed by atoms with E-state index in [0.717, 1.165) is 17.0 Å². The average molecular weight is 345 g/mol. The molecule has 1 aliphatic rings. The van der Waals surface area contributed by atoms with Gasteiger partial charge in [0.05, 0.1) is 7.11 Å². The van der Waals surface area contributed by atoms with Gasteiger partial charge in [0.25, 0.3) is 5.91 Å². The first-order chi connectivity index (χ1) is 12.8. The van der Waals surface area contributed by atoms with E-state index in [1.54, 1.807) is 12.0 Å². The first-order valence-corrected chi connectivity index (χ1v) is 8.52. The molecule has 4 nitrogen and oxygen atoms in total. The summed E-state index contributed by atoms with van der Waals surface area (Å²) in [6.45, 7) is 0. The van der Waals surface area contributed by atoms with Gasteiger partial charge in [-0.2, -0.15) is 0 Å². The Morgan fingerprint density at radius 2 is 1.38 bits per heavy atom. The number of anilines is 1. The molecule has 0 N–H and O–H groups in total. The number of nitrogens with zero attached hydrogens (tertiary/aromatic N) is 1. The van der Waals surface area contributed by atoms with Crippen molar-refractivity contribution in [3.05, 3.63) is 90.5 Å². The maximum atomic E-state index is 12.8. The highest BCUT2D eigenvalue weighted by molar-refractivity contribution is 6.05. The predicted octanol–water partition coefficient (Wildman–Crippen LogP) is 4.23. The van der Waals surface area contributed by atoms with E-state index in [0.29, 0.717) is 5.75 Å². The minimum atomic E-state index is -0.550. The van der Waals surface area contributed by atoms with Crippen LogP contribution in [-0.4, -0.2) is 19.1 Å². The zero-order valence-corrected chi connectivity index (χ0v) is 14.4. The zero-order chi connectivity index (χ0) is 17.9.